The number of nitrogens with two attached hydrogens (primary N) is 1. The molecule has 1 saturated heterocycles. The smallest absolute Gasteiger partial charge is 0.323 e. The van der Waals surface area contributed by atoms with Crippen molar-refractivity contribution in [2.45, 2.75) is 6.54 Å². The molecule has 1 aliphatic heterocycles. The van der Waals surface area contributed by atoms with E-state index in [0.29, 0.717) is 16.9 Å². The van der Waals surface area contributed by atoms with Crippen LogP contribution in [0.15, 0.2) is 78.9 Å². The van der Waals surface area contributed by atoms with Crippen LogP contribution in [-0.2, 0) is 6.54 Å². The number of primary amides is 1. The van der Waals surface area contributed by atoms with Crippen molar-refractivity contribution in [3.05, 3.63) is 90.0 Å². The maximum Gasteiger partial charge on any atom is 0.323 e. The summed E-state index contributed by atoms with van der Waals surface area (Å²) in [6, 6.07) is 24.5. The molecule has 4 N–H and O–H groups in total. The topological polar surface area (TPSA) is 90.7 Å². The number of amides is 3. The van der Waals surface area contributed by atoms with Gasteiger partial charge in [-0.1, -0.05) is 48.5 Å². The summed E-state index contributed by atoms with van der Waals surface area (Å²) in [7, 11) is 0. The quantitative estimate of drug-likeness (QED) is 0.557. The SMILES string of the molecule is NC(=O)c1ccc(N2CCN(Cc3ccccc3)CC2)c(NC(=O)Nc2ccccc2)c1. The molecule has 0 unspecified atom stereocenters. The first-order valence-corrected chi connectivity index (χ1v) is 10.7. The molecule has 0 radical (unpaired) electrons. The van der Waals surface area contributed by atoms with Crippen molar-refractivity contribution in [3.63, 3.8) is 0 Å². The Labute approximate surface area is 187 Å². The number of carbonyl (C=O) groups excluding carboxylic acids is 2. The molecule has 7 heteroatoms. The standard InChI is InChI=1S/C25H27N5O2/c26-24(31)20-11-12-23(22(17-20)28-25(32)27-21-9-5-2-6-10-21)30-15-13-29(14-16-30)18-19-7-3-1-4-8-19/h1-12,17H,13-16,18H2,(H2,26,31)(H2,27,28,32). The first kappa shape index (κ1) is 21.4. The second kappa shape index (κ2) is 9.98. The Balaban J connectivity index is 1.46. The van der Waals surface area contributed by atoms with Crippen LogP contribution < -0.4 is 21.3 Å². The van der Waals surface area contributed by atoms with E-state index in [1.54, 1.807) is 12.1 Å². The molecule has 32 heavy (non-hydrogen) atoms. The first-order valence-electron chi connectivity index (χ1n) is 10.7. The lowest BCUT2D eigenvalue weighted by atomic mass is 10.1. The number of hydrogen-bond acceptors (Lipinski definition) is 4. The monoisotopic (exact) mass is 429 g/mol. The molecule has 4 rings (SSSR count). The van der Waals surface area contributed by atoms with Gasteiger partial charge in [0.05, 0.1) is 11.4 Å². The molecular formula is C25H27N5O2. The maximum absolute atomic E-state index is 12.6. The normalized spacial score (nSPS) is 14.1. The third-order valence-corrected chi connectivity index (χ3v) is 5.52. The Bertz CT molecular complexity index is 1060. The molecule has 1 aliphatic rings. The van der Waals surface area contributed by atoms with Gasteiger partial charge in [-0.25, -0.2) is 4.79 Å². The summed E-state index contributed by atoms with van der Waals surface area (Å²) in [4.78, 5) is 28.9. The van der Waals surface area contributed by atoms with Crippen LogP contribution in [0.5, 0.6) is 0 Å². The van der Waals surface area contributed by atoms with E-state index in [-0.39, 0.29) is 6.03 Å². The number of rotatable bonds is 6. The van der Waals surface area contributed by atoms with Crippen molar-refractivity contribution < 1.29 is 9.59 Å². The summed E-state index contributed by atoms with van der Waals surface area (Å²) in [6.07, 6.45) is 0. The van der Waals surface area contributed by atoms with Gasteiger partial charge in [0.1, 0.15) is 0 Å². The lowest BCUT2D eigenvalue weighted by Gasteiger charge is -2.37. The number of piperazine rings is 1. The Hall–Kier alpha value is -3.84. The summed E-state index contributed by atoms with van der Waals surface area (Å²) in [5.74, 6) is -0.532. The van der Waals surface area contributed by atoms with Gasteiger partial charge in [-0.15, -0.1) is 0 Å². The molecule has 1 heterocycles. The van der Waals surface area contributed by atoms with Crippen LogP contribution in [0, 0.1) is 0 Å². The molecule has 0 spiro atoms. The van der Waals surface area contributed by atoms with Gasteiger partial charge in [0.2, 0.25) is 5.91 Å². The molecule has 0 atom stereocenters. The van der Waals surface area contributed by atoms with Crippen LogP contribution in [0.25, 0.3) is 0 Å². The van der Waals surface area contributed by atoms with E-state index in [1.807, 2.05) is 42.5 Å². The van der Waals surface area contributed by atoms with Crippen LogP contribution in [0.3, 0.4) is 0 Å². The highest BCUT2D eigenvalue weighted by atomic mass is 16.2. The van der Waals surface area contributed by atoms with E-state index >= 15 is 0 Å². The number of para-hydroxylation sites is 1. The zero-order chi connectivity index (χ0) is 22.3. The van der Waals surface area contributed by atoms with Gasteiger partial charge < -0.3 is 21.3 Å². The molecule has 0 bridgehead atoms. The summed E-state index contributed by atoms with van der Waals surface area (Å²) in [6.45, 7) is 4.36. The highest BCUT2D eigenvalue weighted by Crippen LogP contribution is 2.29. The molecule has 3 aromatic rings. The second-order valence-corrected chi connectivity index (χ2v) is 7.79. The Morgan fingerprint density at radius 1 is 0.812 bits per heavy atom. The van der Waals surface area contributed by atoms with E-state index in [2.05, 4.69) is 44.7 Å². The average molecular weight is 430 g/mol. The second-order valence-electron chi connectivity index (χ2n) is 7.79. The predicted octanol–water partition coefficient (Wildman–Crippen LogP) is 3.75. The number of hydrogen-bond donors (Lipinski definition) is 3. The fourth-order valence-corrected chi connectivity index (χ4v) is 3.86. The molecule has 0 saturated carbocycles. The minimum Gasteiger partial charge on any atom is -0.367 e. The summed E-state index contributed by atoms with van der Waals surface area (Å²) in [5, 5.41) is 5.70. The number of carbonyl (C=O) groups is 2. The van der Waals surface area contributed by atoms with Crippen molar-refractivity contribution in [1.29, 1.82) is 0 Å². The number of urea groups is 1. The maximum atomic E-state index is 12.6. The predicted molar refractivity (Wildman–Crippen MR) is 128 cm³/mol. The first-order chi connectivity index (χ1) is 15.6. The zero-order valence-electron chi connectivity index (χ0n) is 17.8. The molecule has 3 amide bonds. The molecule has 3 aromatic carbocycles. The molecule has 0 aromatic heterocycles. The molecule has 7 nitrogen and oxygen atoms in total. The van der Waals surface area contributed by atoms with Gasteiger partial charge in [0, 0.05) is 44.0 Å². The summed E-state index contributed by atoms with van der Waals surface area (Å²) >= 11 is 0. The van der Waals surface area contributed by atoms with Crippen LogP contribution in [0.2, 0.25) is 0 Å². The zero-order valence-corrected chi connectivity index (χ0v) is 17.8. The minimum absolute atomic E-state index is 0.353. The molecule has 1 fully saturated rings. The van der Waals surface area contributed by atoms with Crippen molar-refractivity contribution in [3.8, 4) is 0 Å². The third-order valence-electron chi connectivity index (χ3n) is 5.52. The lowest BCUT2D eigenvalue weighted by molar-refractivity contribution is 0.100. The fourth-order valence-electron chi connectivity index (χ4n) is 3.86. The van der Waals surface area contributed by atoms with Crippen molar-refractivity contribution in [1.82, 2.24) is 4.90 Å². The van der Waals surface area contributed by atoms with Gasteiger partial charge in [-0.2, -0.15) is 0 Å². The minimum atomic E-state index is -0.532. The van der Waals surface area contributed by atoms with E-state index in [9.17, 15) is 9.59 Å². The third kappa shape index (κ3) is 5.44. The molecule has 164 valence electrons. The summed E-state index contributed by atoms with van der Waals surface area (Å²) < 4.78 is 0. The lowest BCUT2D eigenvalue weighted by Crippen LogP contribution is -2.46. The van der Waals surface area contributed by atoms with Crippen molar-refractivity contribution in [2.75, 3.05) is 41.7 Å². The van der Waals surface area contributed by atoms with Gasteiger partial charge in [-0.3, -0.25) is 9.69 Å². The molecular weight excluding hydrogens is 402 g/mol. The Kier molecular flexibility index (Phi) is 6.67. The fraction of sp³-hybridized carbons (Fsp3) is 0.200. The average Bonchev–Trinajstić information content (AvgIpc) is 2.81. The van der Waals surface area contributed by atoms with E-state index < -0.39 is 5.91 Å². The largest absolute Gasteiger partial charge is 0.367 e. The number of anilines is 3. The van der Waals surface area contributed by atoms with Gasteiger partial charge >= 0.3 is 6.03 Å². The number of nitrogens with zero attached hydrogens (tertiary/aromatic N) is 2. The van der Waals surface area contributed by atoms with Gasteiger partial charge in [0.25, 0.3) is 0 Å². The van der Waals surface area contributed by atoms with Gasteiger partial charge in [-0.05, 0) is 35.9 Å². The van der Waals surface area contributed by atoms with Crippen LogP contribution in [0.1, 0.15) is 15.9 Å². The van der Waals surface area contributed by atoms with Crippen molar-refractivity contribution >= 4 is 29.0 Å². The van der Waals surface area contributed by atoms with E-state index in [1.165, 1.54) is 5.56 Å². The Morgan fingerprint density at radius 2 is 1.47 bits per heavy atom. The van der Waals surface area contributed by atoms with Crippen molar-refractivity contribution in [2.24, 2.45) is 5.73 Å². The van der Waals surface area contributed by atoms with Crippen LogP contribution >= 0.6 is 0 Å². The Morgan fingerprint density at radius 3 is 2.12 bits per heavy atom. The number of benzene rings is 3. The summed E-state index contributed by atoms with van der Waals surface area (Å²) in [5.41, 5.74) is 9.24. The highest BCUT2D eigenvalue weighted by Gasteiger charge is 2.21. The van der Waals surface area contributed by atoms with E-state index in [0.717, 1.165) is 38.4 Å². The number of nitrogens with one attached hydrogen (secondary N) is 2. The molecule has 0 aliphatic carbocycles. The highest BCUT2D eigenvalue weighted by molar-refractivity contribution is 6.03. The van der Waals surface area contributed by atoms with Crippen LogP contribution in [0.4, 0.5) is 21.9 Å². The van der Waals surface area contributed by atoms with Gasteiger partial charge in [0.15, 0.2) is 0 Å². The van der Waals surface area contributed by atoms with Crippen LogP contribution in [-0.4, -0.2) is 43.0 Å². The van der Waals surface area contributed by atoms with E-state index in [4.69, 9.17) is 5.73 Å².